The number of rotatable bonds is 0. The van der Waals surface area contributed by atoms with E-state index in [-0.39, 0.29) is 17.5 Å². The maximum atomic E-state index is 13.0. The topological polar surface area (TPSA) is 155 Å². The second-order valence-corrected chi connectivity index (χ2v) is 17.9. The maximum Gasteiger partial charge on any atom is 0.257 e. The van der Waals surface area contributed by atoms with Crippen molar-refractivity contribution < 1.29 is 46.3 Å². The van der Waals surface area contributed by atoms with Crippen LogP contribution in [0.5, 0.6) is 40.8 Å². The van der Waals surface area contributed by atoms with E-state index in [2.05, 4.69) is 41.0 Å². The van der Waals surface area contributed by atoms with Crippen LogP contribution in [0.3, 0.4) is 0 Å². The van der Waals surface area contributed by atoms with Crippen molar-refractivity contribution in [1.29, 1.82) is 0 Å². The van der Waals surface area contributed by atoms with E-state index in [0.717, 1.165) is 66.3 Å². The van der Waals surface area contributed by atoms with Gasteiger partial charge in [0, 0.05) is 35.6 Å². The molecule has 0 spiro atoms. The van der Waals surface area contributed by atoms with Crippen LogP contribution >= 0.6 is 22.7 Å². The van der Waals surface area contributed by atoms with Crippen molar-refractivity contribution in [2.24, 2.45) is 0 Å². The summed E-state index contributed by atoms with van der Waals surface area (Å²) >= 11 is 3.21. The van der Waals surface area contributed by atoms with Crippen molar-refractivity contribution in [2.45, 2.75) is 61.8 Å². The fourth-order valence-electron chi connectivity index (χ4n) is 6.44. The molecule has 8 aromatic rings. The van der Waals surface area contributed by atoms with Crippen molar-refractivity contribution in [3.8, 4) is 40.8 Å². The number of aromatic nitrogens is 7. The summed E-state index contributed by atoms with van der Waals surface area (Å²) in [6.07, 6.45) is 2.55. The van der Waals surface area contributed by atoms with Gasteiger partial charge in [0.2, 0.25) is 5.88 Å². The highest BCUT2D eigenvalue weighted by atomic mass is 32.1. The molecule has 0 atom stereocenters. The number of fused-ring (bicyclic) bond motifs is 6. The van der Waals surface area contributed by atoms with E-state index >= 15 is 0 Å². The number of benzene rings is 1. The van der Waals surface area contributed by atoms with Crippen LogP contribution in [0.25, 0.3) is 20.6 Å². The van der Waals surface area contributed by atoms with Crippen molar-refractivity contribution in [1.82, 2.24) is 34.9 Å². The Morgan fingerprint density at radius 3 is 1.75 bits per heavy atom. The molecular weight excluding hydrogens is 920 g/mol. The minimum atomic E-state index is -0.362. The van der Waals surface area contributed by atoms with Crippen LogP contribution in [0.2, 0.25) is 0 Å². The van der Waals surface area contributed by atoms with Gasteiger partial charge < -0.3 is 33.2 Å². The molecule has 356 valence electrons. The molecule has 68 heavy (non-hydrogen) atoms. The molecule has 7 aromatic heterocycles. The van der Waals surface area contributed by atoms with Gasteiger partial charge in [0.1, 0.15) is 57.1 Å². The minimum Gasteiger partial charge on any atom is -0.484 e. The standard InChI is InChI=1S/C9H8FNS.C8H8FNO2.C8H8FNO.C8H8N2S.2C8H9NO2/c1-5-3-8-9(4-7(5)10)12-6(2)11-8;1-5-6(9)4-7-8(10-5)12-3-2-11-7;1-5-7(9)4-6-2-3-11-8(6)10-5;1-5-3-4-7-8(9-5)10-6(2)11-7;1-6-4-7-8(9-5-6)11-3-2-10-7;1-6-2-3-7-8(9-6)11-5-4-10-7/h3-4H,1-2H3;4H,2-3H2,1H3;4H,2-3H2,1H3;3-4H,1-2H3;4-5H,2-3H2,1H3;2-3H,4-5H2,1H3. The lowest BCUT2D eigenvalue weighted by molar-refractivity contribution is 0.163. The van der Waals surface area contributed by atoms with Gasteiger partial charge in [0.05, 0.1) is 42.9 Å². The molecule has 11 heterocycles. The number of aryl methyl sites for hydroxylation is 8. The molecule has 0 aliphatic carbocycles. The van der Waals surface area contributed by atoms with Gasteiger partial charge in [-0.25, -0.2) is 48.1 Å². The summed E-state index contributed by atoms with van der Waals surface area (Å²) in [5.41, 5.74) is 7.14. The molecule has 1 aromatic carbocycles. The number of hydrogen-bond acceptors (Lipinski definition) is 16. The summed E-state index contributed by atoms with van der Waals surface area (Å²) in [5.74, 6) is 3.38. The number of ether oxygens (including phenoxy) is 7. The summed E-state index contributed by atoms with van der Waals surface area (Å²) in [6.45, 7) is 18.8. The van der Waals surface area contributed by atoms with Crippen LogP contribution < -0.4 is 33.2 Å². The Labute approximate surface area is 399 Å². The van der Waals surface area contributed by atoms with Crippen LogP contribution in [0.15, 0.2) is 60.8 Å². The molecule has 0 unspecified atom stereocenters. The Hall–Kier alpha value is -6.86. The first-order chi connectivity index (χ1) is 32.7. The fraction of sp³-hybridized carbons (Fsp3) is 0.327. The molecule has 19 heteroatoms. The number of nitrogens with zero attached hydrogens (tertiary/aromatic N) is 7. The van der Waals surface area contributed by atoms with E-state index in [1.54, 1.807) is 50.4 Å². The zero-order valence-electron chi connectivity index (χ0n) is 38.9. The molecule has 0 fully saturated rings. The number of halogens is 3. The van der Waals surface area contributed by atoms with Crippen LogP contribution in [0.1, 0.15) is 49.5 Å². The predicted octanol–water partition coefficient (Wildman–Crippen LogP) is 10.4. The van der Waals surface area contributed by atoms with Crippen LogP contribution in [-0.4, -0.2) is 81.1 Å². The summed E-state index contributed by atoms with van der Waals surface area (Å²) in [4.78, 5) is 28.9. The molecule has 0 saturated heterocycles. The Morgan fingerprint density at radius 2 is 1.01 bits per heavy atom. The van der Waals surface area contributed by atoms with Gasteiger partial charge in [-0.1, -0.05) is 0 Å². The summed E-state index contributed by atoms with van der Waals surface area (Å²) in [6, 6.07) is 16.0. The van der Waals surface area contributed by atoms with Gasteiger partial charge in [-0.2, -0.15) is 0 Å². The number of thiazole rings is 2. The van der Waals surface area contributed by atoms with E-state index in [1.165, 1.54) is 28.2 Å². The van der Waals surface area contributed by atoms with E-state index in [1.807, 2.05) is 58.9 Å². The molecule has 0 N–H and O–H groups in total. The van der Waals surface area contributed by atoms with Crippen molar-refractivity contribution in [3.05, 3.63) is 128 Å². The van der Waals surface area contributed by atoms with Gasteiger partial charge in [-0.05, 0) is 115 Å². The first kappa shape index (κ1) is 49.1. The molecule has 0 amide bonds. The van der Waals surface area contributed by atoms with Gasteiger partial charge in [0.15, 0.2) is 22.9 Å². The van der Waals surface area contributed by atoms with Crippen LogP contribution in [0, 0.1) is 72.8 Å². The average Bonchev–Trinajstić information content (AvgIpc) is 4.04. The first-order valence-corrected chi connectivity index (χ1v) is 23.2. The molecule has 0 bridgehead atoms. The number of pyridine rings is 5. The average molecular weight is 970 g/mol. The Bertz CT molecular complexity index is 2870. The lowest BCUT2D eigenvalue weighted by Crippen LogP contribution is -2.17. The third-order valence-electron chi connectivity index (χ3n) is 9.82. The first-order valence-electron chi connectivity index (χ1n) is 21.6. The van der Waals surface area contributed by atoms with E-state index in [9.17, 15) is 13.2 Å². The van der Waals surface area contributed by atoms with Gasteiger partial charge >= 0.3 is 0 Å². The number of hydrogen-bond donors (Lipinski definition) is 0. The lowest BCUT2D eigenvalue weighted by atomic mass is 10.2. The maximum absolute atomic E-state index is 13.0. The summed E-state index contributed by atoms with van der Waals surface area (Å²) in [7, 11) is 0. The Kier molecular flexibility index (Phi) is 16.4. The van der Waals surface area contributed by atoms with Crippen molar-refractivity contribution in [3.63, 3.8) is 0 Å². The fourth-order valence-corrected chi connectivity index (χ4v) is 8.04. The molecule has 12 rings (SSSR count). The highest BCUT2D eigenvalue weighted by Gasteiger charge is 2.17. The molecule has 14 nitrogen and oxygen atoms in total. The molecule has 0 radical (unpaired) electrons. The third-order valence-corrected chi connectivity index (χ3v) is 11.7. The van der Waals surface area contributed by atoms with Crippen LogP contribution in [-0.2, 0) is 6.42 Å². The van der Waals surface area contributed by atoms with Gasteiger partial charge in [-0.3, -0.25) is 0 Å². The molecule has 4 aliphatic heterocycles. The van der Waals surface area contributed by atoms with Crippen molar-refractivity contribution >= 4 is 43.2 Å². The van der Waals surface area contributed by atoms with E-state index in [0.29, 0.717) is 92.5 Å². The van der Waals surface area contributed by atoms with Crippen molar-refractivity contribution in [2.75, 3.05) is 46.2 Å². The highest BCUT2D eigenvalue weighted by Crippen LogP contribution is 2.31. The second-order valence-electron chi connectivity index (χ2n) is 15.4. The predicted molar refractivity (Wildman–Crippen MR) is 254 cm³/mol. The minimum absolute atomic E-state index is 0.147. The quantitative estimate of drug-likeness (QED) is 0.141. The third kappa shape index (κ3) is 13.2. The van der Waals surface area contributed by atoms with Gasteiger partial charge in [0.25, 0.3) is 17.6 Å². The zero-order chi connectivity index (χ0) is 48.3. The smallest absolute Gasteiger partial charge is 0.257 e. The Balaban J connectivity index is 0.000000121. The lowest BCUT2D eigenvalue weighted by Gasteiger charge is -2.17. The SMILES string of the molecule is Cc1ccc2c(n1)OCCO2.Cc1ccc2sc(C)nc2n1.Cc1cnc2c(c1)OCCO2.Cc1nc2c(cc1F)CCO2.Cc1nc2c(cc1F)OCCO2.Cc1nc2cc(C)c(F)cc2s1. The van der Waals surface area contributed by atoms with E-state index in [4.69, 9.17) is 33.2 Å². The Morgan fingerprint density at radius 1 is 0.456 bits per heavy atom. The van der Waals surface area contributed by atoms with Gasteiger partial charge in [-0.15, -0.1) is 22.7 Å². The summed E-state index contributed by atoms with van der Waals surface area (Å²) in [5, 5.41) is 2.06. The van der Waals surface area contributed by atoms with Crippen LogP contribution in [0.4, 0.5) is 13.2 Å². The second kappa shape index (κ2) is 22.8. The highest BCUT2D eigenvalue weighted by molar-refractivity contribution is 7.18. The normalized spacial score (nSPS) is 13.3. The monoisotopic (exact) mass is 969 g/mol. The van der Waals surface area contributed by atoms with E-state index < -0.39 is 0 Å². The largest absolute Gasteiger partial charge is 0.484 e. The molecule has 0 saturated carbocycles. The molecular formula is C49H50F3N7O7S2. The zero-order valence-corrected chi connectivity index (χ0v) is 40.5. The summed E-state index contributed by atoms with van der Waals surface area (Å²) < 4.78 is 77.5. The molecule has 4 aliphatic rings.